The molecular weight excluding hydrogens is 190 g/mol. The molecule has 0 aromatic rings. The van der Waals surface area contributed by atoms with E-state index < -0.39 is 0 Å². The van der Waals surface area contributed by atoms with E-state index in [1.54, 1.807) is 0 Å². The highest BCUT2D eigenvalue weighted by Crippen LogP contribution is 2.30. The molecule has 0 aliphatic heterocycles. The molecule has 3 unspecified atom stereocenters. The maximum absolute atomic E-state index is 8.98. The molecule has 0 aromatic heterocycles. The summed E-state index contributed by atoms with van der Waals surface area (Å²) in [5.41, 5.74) is 5.54. The number of aliphatic hydroxyl groups is 1. The zero-order valence-electron chi connectivity index (χ0n) is 9.82. The average Bonchev–Trinajstić information content (AvgIpc) is 2.28. The molecule has 1 rings (SSSR count). The van der Waals surface area contributed by atoms with Crippen LogP contribution in [0.1, 0.15) is 45.4 Å². The minimum atomic E-state index is -0.0199. The Hall–Kier alpha value is -0.120. The third-order valence-electron chi connectivity index (χ3n) is 3.28. The molecule has 0 saturated heterocycles. The normalized spacial score (nSPS) is 29.0. The first-order valence-electron chi connectivity index (χ1n) is 6.24. The molecule has 3 nitrogen and oxygen atoms in total. The molecular formula is C12H25NO2. The fraction of sp³-hybridized carbons (Fsp3) is 1.00. The molecule has 0 amide bonds. The van der Waals surface area contributed by atoms with Gasteiger partial charge in [-0.25, -0.2) is 0 Å². The van der Waals surface area contributed by atoms with Gasteiger partial charge in [0.1, 0.15) is 0 Å². The summed E-state index contributed by atoms with van der Waals surface area (Å²) in [7, 11) is 0. The summed E-state index contributed by atoms with van der Waals surface area (Å²) in [5, 5.41) is 8.98. The minimum Gasteiger partial charge on any atom is -0.394 e. The van der Waals surface area contributed by atoms with Gasteiger partial charge in [-0.15, -0.1) is 0 Å². The summed E-state index contributed by atoms with van der Waals surface area (Å²) in [6, 6.07) is 0. The van der Waals surface area contributed by atoms with E-state index in [-0.39, 0.29) is 12.7 Å². The van der Waals surface area contributed by atoms with E-state index in [9.17, 15) is 0 Å². The van der Waals surface area contributed by atoms with Gasteiger partial charge in [0.25, 0.3) is 0 Å². The third-order valence-corrected chi connectivity index (χ3v) is 3.28. The Bertz CT molecular complexity index is 164. The van der Waals surface area contributed by atoms with Gasteiger partial charge in [0, 0.05) is 0 Å². The Morgan fingerprint density at radius 1 is 1.40 bits per heavy atom. The highest BCUT2D eigenvalue weighted by molar-refractivity contribution is 4.77. The second-order valence-electron chi connectivity index (χ2n) is 4.64. The minimum absolute atomic E-state index is 0.0199. The molecule has 0 spiro atoms. The molecule has 3 N–H and O–H groups in total. The van der Waals surface area contributed by atoms with E-state index in [0.717, 1.165) is 19.4 Å². The largest absolute Gasteiger partial charge is 0.394 e. The van der Waals surface area contributed by atoms with Crippen molar-refractivity contribution in [3.63, 3.8) is 0 Å². The van der Waals surface area contributed by atoms with Crippen LogP contribution >= 0.6 is 0 Å². The average molecular weight is 215 g/mol. The SMILES string of the molecule is CC(CO)OC1CCCCC1CCCN. The fourth-order valence-corrected chi connectivity index (χ4v) is 2.40. The van der Waals surface area contributed by atoms with E-state index in [2.05, 4.69) is 0 Å². The van der Waals surface area contributed by atoms with Crippen LogP contribution in [0, 0.1) is 5.92 Å². The Labute approximate surface area is 93.0 Å². The molecule has 1 aliphatic carbocycles. The van der Waals surface area contributed by atoms with Crippen LogP contribution in [0.3, 0.4) is 0 Å². The van der Waals surface area contributed by atoms with Crippen molar-refractivity contribution in [2.45, 2.75) is 57.7 Å². The zero-order chi connectivity index (χ0) is 11.1. The first-order valence-corrected chi connectivity index (χ1v) is 6.24. The molecule has 0 heterocycles. The summed E-state index contributed by atoms with van der Waals surface area (Å²) < 4.78 is 5.86. The Balaban J connectivity index is 2.35. The van der Waals surface area contributed by atoms with Crippen LogP contribution in [0.5, 0.6) is 0 Å². The maximum Gasteiger partial charge on any atom is 0.0781 e. The van der Waals surface area contributed by atoms with Gasteiger partial charge in [0.05, 0.1) is 18.8 Å². The molecule has 0 aromatic carbocycles. The van der Waals surface area contributed by atoms with E-state index in [1.807, 2.05) is 6.92 Å². The van der Waals surface area contributed by atoms with Gasteiger partial charge in [-0.05, 0) is 45.1 Å². The van der Waals surface area contributed by atoms with Gasteiger partial charge < -0.3 is 15.6 Å². The molecule has 0 radical (unpaired) electrons. The standard InChI is InChI=1S/C12H25NO2/c1-10(9-14)15-12-7-3-2-5-11(12)6-4-8-13/h10-12,14H,2-9,13H2,1H3. The summed E-state index contributed by atoms with van der Waals surface area (Å²) in [4.78, 5) is 0. The van der Waals surface area contributed by atoms with Crippen molar-refractivity contribution in [2.75, 3.05) is 13.2 Å². The lowest BCUT2D eigenvalue weighted by Gasteiger charge is -2.33. The van der Waals surface area contributed by atoms with Crippen molar-refractivity contribution >= 4 is 0 Å². The topological polar surface area (TPSA) is 55.5 Å². The number of ether oxygens (including phenoxy) is 1. The van der Waals surface area contributed by atoms with Crippen molar-refractivity contribution in [1.82, 2.24) is 0 Å². The summed E-state index contributed by atoms with van der Waals surface area (Å²) >= 11 is 0. The summed E-state index contributed by atoms with van der Waals surface area (Å²) in [6.45, 7) is 2.84. The van der Waals surface area contributed by atoms with E-state index in [1.165, 1.54) is 25.7 Å². The number of rotatable bonds is 6. The van der Waals surface area contributed by atoms with Gasteiger partial charge in [-0.1, -0.05) is 12.8 Å². The highest BCUT2D eigenvalue weighted by Gasteiger charge is 2.26. The van der Waals surface area contributed by atoms with Crippen LogP contribution in [-0.2, 0) is 4.74 Å². The van der Waals surface area contributed by atoms with Crippen LogP contribution in [0.2, 0.25) is 0 Å². The third kappa shape index (κ3) is 4.49. The van der Waals surface area contributed by atoms with Crippen LogP contribution in [0.15, 0.2) is 0 Å². The van der Waals surface area contributed by atoms with Crippen molar-refractivity contribution < 1.29 is 9.84 Å². The lowest BCUT2D eigenvalue weighted by atomic mass is 9.83. The zero-order valence-corrected chi connectivity index (χ0v) is 9.82. The molecule has 1 fully saturated rings. The van der Waals surface area contributed by atoms with Gasteiger partial charge in [-0.3, -0.25) is 0 Å². The fourth-order valence-electron chi connectivity index (χ4n) is 2.40. The van der Waals surface area contributed by atoms with E-state index >= 15 is 0 Å². The summed E-state index contributed by atoms with van der Waals surface area (Å²) in [5.74, 6) is 0.663. The quantitative estimate of drug-likeness (QED) is 0.709. The van der Waals surface area contributed by atoms with Crippen molar-refractivity contribution in [2.24, 2.45) is 11.7 Å². The van der Waals surface area contributed by atoms with Crippen LogP contribution < -0.4 is 5.73 Å². The van der Waals surface area contributed by atoms with Crippen molar-refractivity contribution in [1.29, 1.82) is 0 Å². The Morgan fingerprint density at radius 3 is 2.80 bits per heavy atom. The number of nitrogens with two attached hydrogens (primary N) is 1. The number of hydrogen-bond acceptors (Lipinski definition) is 3. The Kier molecular flexibility index (Phi) is 6.22. The van der Waals surface area contributed by atoms with Gasteiger partial charge >= 0.3 is 0 Å². The highest BCUT2D eigenvalue weighted by atomic mass is 16.5. The molecule has 3 atom stereocenters. The van der Waals surface area contributed by atoms with Gasteiger partial charge in [0.2, 0.25) is 0 Å². The molecule has 1 saturated carbocycles. The predicted molar refractivity (Wildman–Crippen MR) is 61.7 cm³/mol. The van der Waals surface area contributed by atoms with Crippen LogP contribution in [-0.4, -0.2) is 30.5 Å². The first kappa shape index (κ1) is 12.9. The molecule has 1 aliphatic rings. The smallest absolute Gasteiger partial charge is 0.0781 e. The predicted octanol–water partition coefficient (Wildman–Crippen LogP) is 1.68. The van der Waals surface area contributed by atoms with E-state index in [4.69, 9.17) is 15.6 Å². The number of aliphatic hydroxyl groups excluding tert-OH is 1. The van der Waals surface area contributed by atoms with Crippen molar-refractivity contribution in [3.05, 3.63) is 0 Å². The van der Waals surface area contributed by atoms with Crippen LogP contribution in [0.25, 0.3) is 0 Å². The molecule has 15 heavy (non-hydrogen) atoms. The second-order valence-corrected chi connectivity index (χ2v) is 4.64. The second kappa shape index (κ2) is 7.20. The van der Waals surface area contributed by atoms with Gasteiger partial charge in [0.15, 0.2) is 0 Å². The van der Waals surface area contributed by atoms with Gasteiger partial charge in [-0.2, -0.15) is 0 Å². The summed E-state index contributed by atoms with van der Waals surface area (Å²) in [6.07, 6.45) is 7.62. The lowest BCUT2D eigenvalue weighted by Crippen LogP contribution is -2.32. The monoisotopic (exact) mass is 215 g/mol. The first-order chi connectivity index (χ1) is 7.27. The molecule has 90 valence electrons. The number of hydrogen-bond donors (Lipinski definition) is 2. The molecule has 0 bridgehead atoms. The lowest BCUT2D eigenvalue weighted by molar-refractivity contribution is -0.0719. The van der Waals surface area contributed by atoms with Crippen molar-refractivity contribution in [3.8, 4) is 0 Å². The maximum atomic E-state index is 8.98. The van der Waals surface area contributed by atoms with Crippen LogP contribution in [0.4, 0.5) is 0 Å². The Morgan fingerprint density at radius 2 is 2.13 bits per heavy atom. The molecule has 3 heteroatoms. The van der Waals surface area contributed by atoms with E-state index in [0.29, 0.717) is 12.0 Å².